The van der Waals surface area contributed by atoms with Gasteiger partial charge in [0.1, 0.15) is 12.0 Å². The van der Waals surface area contributed by atoms with Gasteiger partial charge in [0, 0.05) is 17.6 Å². The maximum absolute atomic E-state index is 6.18. The predicted octanol–water partition coefficient (Wildman–Crippen LogP) is 3.48. The molecule has 0 aliphatic heterocycles. The first-order valence-electron chi connectivity index (χ1n) is 7.66. The Kier molecular flexibility index (Phi) is 4.23. The van der Waals surface area contributed by atoms with E-state index in [4.69, 9.17) is 5.73 Å². The minimum Gasteiger partial charge on any atom is -0.393 e. The molecule has 0 amide bonds. The van der Waals surface area contributed by atoms with E-state index in [0.29, 0.717) is 17.3 Å². The van der Waals surface area contributed by atoms with E-state index in [1.54, 1.807) is 0 Å². The summed E-state index contributed by atoms with van der Waals surface area (Å²) in [6, 6.07) is 10.0. The van der Waals surface area contributed by atoms with Gasteiger partial charge < -0.3 is 16.4 Å². The number of nitrogen functional groups attached to an aromatic ring is 1. The Labute approximate surface area is 135 Å². The molecule has 0 fully saturated rings. The van der Waals surface area contributed by atoms with E-state index in [0.717, 1.165) is 35.2 Å². The third-order valence-electron chi connectivity index (χ3n) is 3.54. The summed E-state index contributed by atoms with van der Waals surface area (Å²) in [5.74, 6) is 1.23. The molecule has 0 aliphatic carbocycles. The van der Waals surface area contributed by atoms with Gasteiger partial charge in [0.05, 0.1) is 11.2 Å². The lowest BCUT2D eigenvalue weighted by molar-refractivity contribution is 0.966. The van der Waals surface area contributed by atoms with Crippen LogP contribution in [-0.4, -0.2) is 21.5 Å². The summed E-state index contributed by atoms with van der Waals surface area (Å²) >= 11 is 0. The smallest absolute Gasteiger partial charge is 0.159 e. The molecule has 3 rings (SSSR count). The van der Waals surface area contributed by atoms with Crippen LogP contribution in [0.2, 0.25) is 0 Å². The average Bonchev–Trinajstić information content (AvgIpc) is 2.56. The molecule has 3 aromatic rings. The summed E-state index contributed by atoms with van der Waals surface area (Å²) in [6.07, 6.45) is 2.50. The van der Waals surface area contributed by atoms with Crippen molar-refractivity contribution in [3.05, 3.63) is 42.4 Å². The molecule has 0 radical (unpaired) electrons. The van der Waals surface area contributed by atoms with Crippen molar-refractivity contribution >= 4 is 33.9 Å². The number of nitrogens with one attached hydrogen (secondary N) is 2. The highest BCUT2D eigenvalue weighted by Gasteiger charge is 2.10. The van der Waals surface area contributed by atoms with E-state index in [-0.39, 0.29) is 0 Å². The van der Waals surface area contributed by atoms with Gasteiger partial charge in [0.2, 0.25) is 0 Å². The summed E-state index contributed by atoms with van der Waals surface area (Å²) in [5.41, 5.74) is 9.42. The molecule has 2 heterocycles. The van der Waals surface area contributed by atoms with Crippen molar-refractivity contribution in [2.75, 3.05) is 22.9 Å². The van der Waals surface area contributed by atoms with Crippen molar-refractivity contribution in [2.24, 2.45) is 0 Å². The predicted molar refractivity (Wildman–Crippen MR) is 95.0 cm³/mol. The molecular formula is C17H20N6. The summed E-state index contributed by atoms with van der Waals surface area (Å²) < 4.78 is 0. The third kappa shape index (κ3) is 3.15. The van der Waals surface area contributed by atoms with Crippen LogP contribution in [0.25, 0.3) is 10.9 Å². The zero-order valence-corrected chi connectivity index (χ0v) is 13.3. The van der Waals surface area contributed by atoms with E-state index in [1.807, 2.05) is 31.2 Å². The summed E-state index contributed by atoms with van der Waals surface area (Å²) in [7, 11) is 0. The number of nitrogens with two attached hydrogens (primary N) is 1. The van der Waals surface area contributed by atoms with Gasteiger partial charge in [-0.25, -0.2) is 9.97 Å². The Balaban J connectivity index is 1.98. The number of benzene rings is 1. The number of anilines is 4. The van der Waals surface area contributed by atoms with Crippen LogP contribution in [0.5, 0.6) is 0 Å². The van der Waals surface area contributed by atoms with Gasteiger partial charge >= 0.3 is 0 Å². The maximum atomic E-state index is 6.18. The van der Waals surface area contributed by atoms with Crippen LogP contribution in [-0.2, 0) is 0 Å². The summed E-state index contributed by atoms with van der Waals surface area (Å²) in [5, 5.41) is 7.55. The zero-order chi connectivity index (χ0) is 16.2. The van der Waals surface area contributed by atoms with Gasteiger partial charge in [-0.1, -0.05) is 25.1 Å². The van der Waals surface area contributed by atoms with Crippen LogP contribution in [0.4, 0.5) is 23.0 Å². The molecular weight excluding hydrogens is 288 g/mol. The van der Waals surface area contributed by atoms with Gasteiger partial charge in [-0.3, -0.25) is 4.98 Å². The molecule has 0 spiro atoms. The highest BCUT2D eigenvalue weighted by molar-refractivity contribution is 5.93. The lowest BCUT2D eigenvalue weighted by Crippen LogP contribution is -2.08. The lowest BCUT2D eigenvalue weighted by atomic mass is 10.1. The monoisotopic (exact) mass is 308 g/mol. The number of aromatic nitrogens is 3. The van der Waals surface area contributed by atoms with E-state index >= 15 is 0 Å². The second kappa shape index (κ2) is 6.48. The van der Waals surface area contributed by atoms with Crippen molar-refractivity contribution in [2.45, 2.75) is 20.3 Å². The number of fused-ring (bicyclic) bond motifs is 1. The van der Waals surface area contributed by atoms with E-state index in [9.17, 15) is 0 Å². The van der Waals surface area contributed by atoms with Crippen molar-refractivity contribution in [1.82, 2.24) is 15.0 Å². The summed E-state index contributed by atoms with van der Waals surface area (Å²) in [4.78, 5) is 13.1. The summed E-state index contributed by atoms with van der Waals surface area (Å²) in [6.45, 7) is 4.88. The first kappa shape index (κ1) is 15.0. The standard InChI is InChI=1S/C17H20N6/c1-3-9-19-16-14(18)17(21-10-20-16)23-13-6-4-5-12-8-7-11(2)22-15(12)13/h4-8,10H,3,9,18H2,1-2H3,(H2,19,20,21,23). The quantitative estimate of drug-likeness (QED) is 0.668. The molecule has 0 bridgehead atoms. The fourth-order valence-corrected chi connectivity index (χ4v) is 2.35. The van der Waals surface area contributed by atoms with Crippen molar-refractivity contribution in [1.29, 1.82) is 0 Å². The average molecular weight is 308 g/mol. The van der Waals surface area contributed by atoms with E-state index < -0.39 is 0 Å². The Morgan fingerprint density at radius 2 is 1.91 bits per heavy atom. The Morgan fingerprint density at radius 3 is 2.74 bits per heavy atom. The Hall–Kier alpha value is -2.89. The SMILES string of the molecule is CCCNc1ncnc(Nc2cccc3ccc(C)nc23)c1N. The highest BCUT2D eigenvalue weighted by Crippen LogP contribution is 2.29. The molecule has 6 heteroatoms. The second-order valence-electron chi connectivity index (χ2n) is 5.37. The van der Waals surface area contributed by atoms with Crippen LogP contribution < -0.4 is 16.4 Å². The number of rotatable bonds is 5. The molecule has 0 atom stereocenters. The second-order valence-corrected chi connectivity index (χ2v) is 5.37. The number of hydrogen-bond acceptors (Lipinski definition) is 6. The van der Waals surface area contributed by atoms with Crippen LogP contribution >= 0.6 is 0 Å². The van der Waals surface area contributed by atoms with Crippen molar-refractivity contribution < 1.29 is 0 Å². The Bertz CT molecular complexity index is 830. The normalized spacial score (nSPS) is 10.7. The largest absolute Gasteiger partial charge is 0.393 e. The topological polar surface area (TPSA) is 88.8 Å². The molecule has 0 saturated heterocycles. The van der Waals surface area contributed by atoms with E-state index in [1.165, 1.54) is 6.33 Å². The van der Waals surface area contributed by atoms with Crippen LogP contribution in [0.3, 0.4) is 0 Å². The number of hydrogen-bond donors (Lipinski definition) is 3. The number of pyridine rings is 1. The van der Waals surface area contributed by atoms with Gasteiger partial charge in [-0.15, -0.1) is 0 Å². The van der Waals surface area contributed by atoms with Crippen LogP contribution in [0.15, 0.2) is 36.7 Å². The first-order chi connectivity index (χ1) is 11.2. The lowest BCUT2D eigenvalue weighted by Gasteiger charge is -2.13. The van der Waals surface area contributed by atoms with Crippen LogP contribution in [0, 0.1) is 6.92 Å². The first-order valence-corrected chi connectivity index (χ1v) is 7.66. The molecule has 0 aliphatic rings. The fourth-order valence-electron chi connectivity index (χ4n) is 2.35. The molecule has 2 aromatic heterocycles. The van der Waals surface area contributed by atoms with Crippen LogP contribution in [0.1, 0.15) is 19.0 Å². The highest BCUT2D eigenvalue weighted by atomic mass is 15.1. The van der Waals surface area contributed by atoms with Gasteiger partial charge in [0.15, 0.2) is 11.6 Å². The maximum Gasteiger partial charge on any atom is 0.159 e. The number of para-hydroxylation sites is 1. The van der Waals surface area contributed by atoms with Gasteiger partial charge in [0.25, 0.3) is 0 Å². The van der Waals surface area contributed by atoms with Gasteiger partial charge in [-0.05, 0) is 25.5 Å². The molecule has 4 N–H and O–H groups in total. The number of nitrogens with zero attached hydrogens (tertiary/aromatic N) is 3. The zero-order valence-electron chi connectivity index (χ0n) is 13.3. The minimum atomic E-state index is 0.505. The number of aryl methyl sites for hydroxylation is 1. The van der Waals surface area contributed by atoms with Crippen molar-refractivity contribution in [3.8, 4) is 0 Å². The molecule has 6 nitrogen and oxygen atoms in total. The van der Waals surface area contributed by atoms with Crippen molar-refractivity contribution in [3.63, 3.8) is 0 Å². The third-order valence-corrected chi connectivity index (χ3v) is 3.54. The molecule has 23 heavy (non-hydrogen) atoms. The van der Waals surface area contributed by atoms with E-state index in [2.05, 4.69) is 38.6 Å². The Morgan fingerprint density at radius 1 is 1.09 bits per heavy atom. The fraction of sp³-hybridized carbons (Fsp3) is 0.235. The van der Waals surface area contributed by atoms with Gasteiger partial charge in [-0.2, -0.15) is 0 Å². The minimum absolute atomic E-state index is 0.505. The molecule has 118 valence electrons. The molecule has 1 aromatic carbocycles. The molecule has 0 unspecified atom stereocenters. The molecule has 0 saturated carbocycles.